The Balaban J connectivity index is 1.59. The highest BCUT2D eigenvalue weighted by atomic mass is 16.7. The Kier molecular flexibility index (Phi) is 7.51. The molecule has 2 aromatic rings. The maximum absolute atomic E-state index is 13.4. The number of piperidine rings is 1. The van der Waals surface area contributed by atoms with Gasteiger partial charge in [0.1, 0.15) is 11.6 Å². The number of ether oxygens (including phenoxy) is 3. The van der Waals surface area contributed by atoms with Gasteiger partial charge in [0.15, 0.2) is 11.5 Å². The van der Waals surface area contributed by atoms with Crippen molar-refractivity contribution in [3.63, 3.8) is 0 Å². The van der Waals surface area contributed by atoms with Gasteiger partial charge in [0.25, 0.3) is 5.91 Å². The molecule has 0 aliphatic carbocycles. The second kappa shape index (κ2) is 10.6. The molecular weight excluding hydrogens is 466 g/mol. The number of hydrogen-bond donors (Lipinski definition) is 1. The molecule has 2 atom stereocenters. The monoisotopic (exact) mass is 499 g/mol. The molecule has 1 fully saturated rings. The molecule has 194 valence electrons. The minimum atomic E-state index is -0.792. The highest BCUT2D eigenvalue weighted by Crippen LogP contribution is 2.35. The Hall–Kier alpha value is -3.56. The van der Waals surface area contributed by atoms with E-state index >= 15 is 0 Å². The topological polar surface area (TPSA) is 116 Å². The van der Waals surface area contributed by atoms with Gasteiger partial charge in [-0.15, -0.1) is 0 Å². The number of methoxy groups -OCH3 is 1. The van der Waals surface area contributed by atoms with Crippen molar-refractivity contribution in [2.45, 2.75) is 52.6 Å². The molecule has 1 N–H and O–H groups in total. The molecule has 4 rings (SSSR count). The zero-order valence-corrected chi connectivity index (χ0v) is 21.2. The Morgan fingerprint density at radius 2 is 1.81 bits per heavy atom. The number of nitrogens with one attached hydrogen (secondary N) is 1. The summed E-state index contributed by atoms with van der Waals surface area (Å²) in [6.07, 6.45) is 3.22. The predicted octanol–water partition coefficient (Wildman–Crippen LogP) is 2.31. The molecule has 1 aromatic carbocycles. The lowest BCUT2D eigenvalue weighted by molar-refractivity contribution is -0.149. The fourth-order valence-electron chi connectivity index (χ4n) is 4.80. The molecule has 1 saturated heterocycles. The van der Waals surface area contributed by atoms with Crippen LogP contribution in [0.15, 0.2) is 23.1 Å². The number of hydrogen-bond acceptors (Lipinski definition) is 7. The average Bonchev–Trinajstić information content (AvgIpc) is 3.37. The van der Waals surface area contributed by atoms with Gasteiger partial charge in [-0.05, 0) is 31.7 Å². The van der Waals surface area contributed by atoms with E-state index in [2.05, 4.69) is 5.32 Å². The number of fused-ring (bicyclic) bond motifs is 2. The van der Waals surface area contributed by atoms with Gasteiger partial charge < -0.3 is 29.0 Å². The van der Waals surface area contributed by atoms with E-state index in [1.165, 1.54) is 13.3 Å². The number of aryl methyl sites for hydroxylation is 1. The van der Waals surface area contributed by atoms with Crippen LogP contribution in [-0.2, 0) is 20.9 Å². The molecule has 2 aliphatic heterocycles. The van der Waals surface area contributed by atoms with Gasteiger partial charge >= 0.3 is 5.97 Å². The van der Waals surface area contributed by atoms with Crippen LogP contribution in [-0.4, -0.2) is 60.3 Å². The van der Waals surface area contributed by atoms with Crippen LogP contribution >= 0.6 is 0 Å². The van der Waals surface area contributed by atoms with Crippen molar-refractivity contribution >= 4 is 28.7 Å². The first-order chi connectivity index (χ1) is 17.3. The van der Waals surface area contributed by atoms with Gasteiger partial charge in [0, 0.05) is 31.9 Å². The maximum atomic E-state index is 13.4. The number of nitrogens with zero attached hydrogens (tertiary/aromatic N) is 2. The second-order valence-corrected chi connectivity index (χ2v) is 9.34. The summed E-state index contributed by atoms with van der Waals surface area (Å²) in [5, 5.41) is 3.20. The van der Waals surface area contributed by atoms with Crippen LogP contribution in [0.4, 0.5) is 0 Å². The van der Waals surface area contributed by atoms with Crippen molar-refractivity contribution in [2.75, 3.05) is 27.0 Å². The van der Waals surface area contributed by atoms with Crippen LogP contribution in [0, 0.1) is 11.8 Å². The molecule has 2 amide bonds. The van der Waals surface area contributed by atoms with Gasteiger partial charge in [-0.25, -0.2) is 0 Å². The fraction of sp³-hybridized carbons (Fsp3) is 0.538. The van der Waals surface area contributed by atoms with Crippen LogP contribution in [0.1, 0.15) is 50.4 Å². The largest absolute Gasteiger partial charge is 0.469 e. The SMILES string of the molecule is CCC(C)[C@H](NC(=O)c1cn(CC)c2cc3c(cc2c1=O)OCO3)C(=O)N1CCC(C(=O)OC)CC1. The zero-order chi connectivity index (χ0) is 26.0. The van der Waals surface area contributed by atoms with Crippen LogP contribution < -0.4 is 20.2 Å². The van der Waals surface area contributed by atoms with Gasteiger partial charge in [-0.3, -0.25) is 19.2 Å². The quantitative estimate of drug-likeness (QED) is 0.581. The Morgan fingerprint density at radius 1 is 1.14 bits per heavy atom. The number of esters is 1. The summed E-state index contributed by atoms with van der Waals surface area (Å²) in [6, 6.07) is 2.55. The third kappa shape index (κ3) is 4.76. The van der Waals surface area contributed by atoms with E-state index < -0.39 is 17.4 Å². The summed E-state index contributed by atoms with van der Waals surface area (Å²) >= 11 is 0. The smallest absolute Gasteiger partial charge is 0.308 e. The first kappa shape index (κ1) is 25.5. The van der Waals surface area contributed by atoms with Crippen LogP contribution in [0.3, 0.4) is 0 Å². The number of carbonyl (C=O) groups is 3. The summed E-state index contributed by atoms with van der Waals surface area (Å²) in [7, 11) is 1.36. The van der Waals surface area contributed by atoms with Gasteiger partial charge in [0.2, 0.25) is 18.1 Å². The van der Waals surface area contributed by atoms with E-state index in [1.54, 1.807) is 17.0 Å². The van der Waals surface area contributed by atoms with E-state index in [0.29, 0.717) is 61.3 Å². The summed E-state index contributed by atoms with van der Waals surface area (Å²) in [5.41, 5.74) is 0.180. The first-order valence-electron chi connectivity index (χ1n) is 12.4. The maximum Gasteiger partial charge on any atom is 0.308 e. The molecule has 10 nitrogen and oxygen atoms in total. The van der Waals surface area contributed by atoms with E-state index in [0.717, 1.165) is 0 Å². The van der Waals surface area contributed by atoms with Crippen molar-refractivity contribution in [2.24, 2.45) is 11.8 Å². The molecular formula is C26H33N3O7. The lowest BCUT2D eigenvalue weighted by Gasteiger charge is -2.35. The molecule has 10 heteroatoms. The number of pyridine rings is 1. The highest BCUT2D eigenvalue weighted by molar-refractivity contribution is 6.00. The minimum Gasteiger partial charge on any atom is -0.469 e. The molecule has 3 heterocycles. The van der Waals surface area contributed by atoms with Crippen molar-refractivity contribution < 1.29 is 28.6 Å². The Morgan fingerprint density at radius 3 is 2.42 bits per heavy atom. The normalized spacial score (nSPS) is 17.1. The minimum absolute atomic E-state index is 0.0336. The fourth-order valence-corrected chi connectivity index (χ4v) is 4.80. The van der Waals surface area contributed by atoms with Gasteiger partial charge in [-0.1, -0.05) is 20.3 Å². The Bertz CT molecular complexity index is 1230. The molecule has 1 unspecified atom stereocenters. The first-order valence-corrected chi connectivity index (χ1v) is 12.4. The molecule has 2 aliphatic rings. The van der Waals surface area contributed by atoms with E-state index in [-0.39, 0.29) is 36.1 Å². The number of aromatic nitrogens is 1. The molecule has 0 radical (unpaired) electrons. The molecule has 0 spiro atoms. The standard InChI is InChI=1S/C26H33N3O7/c1-5-15(3)22(25(32)29-9-7-16(8-10-29)26(33)34-4)27-24(31)18-13-28(6-2)19-12-21-20(35-14-36-21)11-17(19)23(18)30/h11-13,15-16,22H,5-10,14H2,1-4H3,(H,27,31)/t15?,22-/m0/s1. The van der Waals surface area contributed by atoms with Crippen molar-refractivity contribution in [1.82, 2.24) is 14.8 Å². The number of carbonyl (C=O) groups excluding carboxylic acids is 3. The van der Waals surface area contributed by atoms with E-state index in [9.17, 15) is 19.2 Å². The van der Waals surface area contributed by atoms with Gasteiger partial charge in [-0.2, -0.15) is 0 Å². The van der Waals surface area contributed by atoms with Gasteiger partial charge in [0.05, 0.1) is 23.9 Å². The van der Waals surface area contributed by atoms with Crippen molar-refractivity contribution in [1.29, 1.82) is 0 Å². The summed E-state index contributed by atoms with van der Waals surface area (Å²) < 4.78 is 17.5. The van der Waals surface area contributed by atoms with Crippen LogP contribution in [0.5, 0.6) is 11.5 Å². The summed E-state index contributed by atoms with van der Waals surface area (Å²) in [6.45, 7) is 7.19. The zero-order valence-electron chi connectivity index (χ0n) is 21.2. The third-order valence-corrected chi connectivity index (χ3v) is 7.27. The van der Waals surface area contributed by atoms with Crippen molar-refractivity contribution in [3.05, 3.63) is 34.1 Å². The second-order valence-electron chi connectivity index (χ2n) is 9.34. The molecule has 1 aromatic heterocycles. The summed E-state index contributed by atoms with van der Waals surface area (Å²) in [4.78, 5) is 53.7. The lowest BCUT2D eigenvalue weighted by atomic mass is 9.93. The summed E-state index contributed by atoms with van der Waals surface area (Å²) in [5.74, 6) is -0.424. The highest BCUT2D eigenvalue weighted by Gasteiger charge is 2.34. The van der Waals surface area contributed by atoms with Crippen LogP contribution in [0.2, 0.25) is 0 Å². The number of amides is 2. The molecule has 0 bridgehead atoms. The Labute approximate surface area is 209 Å². The number of rotatable bonds is 7. The molecule has 36 heavy (non-hydrogen) atoms. The van der Waals surface area contributed by atoms with Crippen molar-refractivity contribution in [3.8, 4) is 11.5 Å². The average molecular weight is 500 g/mol. The molecule has 0 saturated carbocycles. The van der Waals surface area contributed by atoms with Crippen LogP contribution in [0.25, 0.3) is 10.9 Å². The third-order valence-electron chi connectivity index (χ3n) is 7.27. The predicted molar refractivity (Wildman–Crippen MR) is 132 cm³/mol. The lowest BCUT2D eigenvalue weighted by Crippen LogP contribution is -2.54. The van der Waals surface area contributed by atoms with E-state index in [4.69, 9.17) is 14.2 Å². The number of likely N-dealkylation sites (tertiary alicyclic amines) is 1. The number of benzene rings is 1. The van der Waals surface area contributed by atoms with E-state index in [1.807, 2.05) is 25.3 Å².